The quantitative estimate of drug-likeness (QED) is 0.897. The third-order valence-corrected chi connectivity index (χ3v) is 3.22. The summed E-state index contributed by atoms with van der Waals surface area (Å²) in [5.41, 5.74) is 3.58. The summed E-state index contributed by atoms with van der Waals surface area (Å²) < 4.78 is 0. The van der Waals surface area contributed by atoms with Crippen molar-refractivity contribution in [2.75, 3.05) is 12.4 Å². The Kier molecular flexibility index (Phi) is 4.35. The summed E-state index contributed by atoms with van der Waals surface area (Å²) in [6.07, 6.45) is 3.48. The highest BCUT2D eigenvalue weighted by Crippen LogP contribution is 2.18. The fourth-order valence-corrected chi connectivity index (χ4v) is 2.05. The van der Waals surface area contributed by atoms with Crippen LogP contribution >= 0.6 is 0 Å². The van der Waals surface area contributed by atoms with E-state index in [0.29, 0.717) is 5.56 Å². The number of hydrogen-bond acceptors (Lipinski definition) is 3. The highest BCUT2D eigenvalue weighted by Gasteiger charge is 2.14. The number of nitrogens with one attached hydrogen (secondary N) is 2. The molecule has 2 rings (SSSR count). The lowest BCUT2D eigenvalue weighted by molar-refractivity contribution is 0.0940. The summed E-state index contributed by atoms with van der Waals surface area (Å²) in [7, 11) is 1.82. The Morgan fingerprint density at radius 3 is 2.75 bits per heavy atom. The van der Waals surface area contributed by atoms with Gasteiger partial charge >= 0.3 is 0 Å². The first-order valence-corrected chi connectivity index (χ1v) is 6.61. The molecule has 0 spiro atoms. The molecule has 1 aromatic heterocycles. The summed E-state index contributed by atoms with van der Waals surface area (Å²) in [6, 6.07) is 9.47. The Morgan fingerprint density at radius 2 is 2.10 bits per heavy atom. The van der Waals surface area contributed by atoms with Crippen molar-refractivity contribution in [2.24, 2.45) is 0 Å². The number of hydrogen-bond donors (Lipinski definition) is 2. The molecule has 0 aliphatic heterocycles. The van der Waals surface area contributed by atoms with Crippen LogP contribution in [0.2, 0.25) is 0 Å². The number of aryl methyl sites for hydroxylation is 1. The molecule has 104 valence electrons. The molecule has 4 heteroatoms. The molecule has 2 aromatic rings. The number of amides is 1. The highest BCUT2D eigenvalue weighted by molar-refractivity contribution is 5.99. The van der Waals surface area contributed by atoms with Gasteiger partial charge in [-0.25, -0.2) is 0 Å². The largest absolute Gasteiger partial charge is 0.387 e. The number of carbonyl (C=O) groups excluding carboxylic acids is 1. The van der Waals surface area contributed by atoms with Gasteiger partial charge in [0.1, 0.15) is 0 Å². The molecular formula is C16H19N3O. The minimum atomic E-state index is -0.0919. The zero-order chi connectivity index (χ0) is 14.5. The van der Waals surface area contributed by atoms with E-state index in [1.54, 1.807) is 12.4 Å². The SMILES string of the molecule is CNc1cc(C)ccc1C(=O)NC(C)c1cccnc1. The smallest absolute Gasteiger partial charge is 0.253 e. The zero-order valence-corrected chi connectivity index (χ0v) is 12.0. The molecule has 0 aliphatic rings. The van der Waals surface area contributed by atoms with Crippen molar-refractivity contribution in [1.82, 2.24) is 10.3 Å². The predicted molar refractivity (Wildman–Crippen MR) is 80.8 cm³/mol. The Labute approximate surface area is 119 Å². The van der Waals surface area contributed by atoms with Crippen LogP contribution in [-0.2, 0) is 0 Å². The molecular weight excluding hydrogens is 250 g/mol. The molecule has 4 nitrogen and oxygen atoms in total. The first kappa shape index (κ1) is 14.1. The van der Waals surface area contributed by atoms with Crippen molar-refractivity contribution in [3.63, 3.8) is 0 Å². The fourth-order valence-electron chi connectivity index (χ4n) is 2.05. The molecule has 1 amide bonds. The van der Waals surface area contributed by atoms with Crippen LogP contribution in [0.4, 0.5) is 5.69 Å². The number of anilines is 1. The molecule has 0 saturated carbocycles. The van der Waals surface area contributed by atoms with Crippen molar-refractivity contribution in [3.8, 4) is 0 Å². The van der Waals surface area contributed by atoms with Crippen molar-refractivity contribution < 1.29 is 4.79 Å². The molecule has 20 heavy (non-hydrogen) atoms. The average molecular weight is 269 g/mol. The summed E-state index contributed by atoms with van der Waals surface area (Å²) >= 11 is 0. The van der Waals surface area contributed by atoms with Crippen LogP contribution in [0.15, 0.2) is 42.7 Å². The van der Waals surface area contributed by atoms with Gasteiger partial charge in [0, 0.05) is 25.1 Å². The second-order valence-electron chi connectivity index (χ2n) is 4.78. The van der Waals surface area contributed by atoms with E-state index in [2.05, 4.69) is 15.6 Å². The van der Waals surface area contributed by atoms with Crippen LogP contribution in [-0.4, -0.2) is 17.9 Å². The van der Waals surface area contributed by atoms with E-state index in [1.165, 1.54) is 0 Å². The third kappa shape index (κ3) is 3.15. The second kappa shape index (κ2) is 6.19. The Bertz CT molecular complexity index is 596. The topological polar surface area (TPSA) is 54.0 Å². The molecule has 0 fully saturated rings. The van der Waals surface area contributed by atoms with Crippen LogP contribution in [0.1, 0.15) is 34.5 Å². The minimum Gasteiger partial charge on any atom is -0.387 e. The molecule has 0 saturated heterocycles. The van der Waals surface area contributed by atoms with Crippen LogP contribution in [0, 0.1) is 6.92 Å². The minimum absolute atomic E-state index is 0.0813. The second-order valence-corrected chi connectivity index (χ2v) is 4.78. The number of rotatable bonds is 4. The number of carbonyl (C=O) groups is 1. The summed E-state index contributed by atoms with van der Waals surface area (Å²) in [5.74, 6) is -0.0919. The number of pyridine rings is 1. The van der Waals surface area contributed by atoms with Gasteiger partial charge in [0.05, 0.1) is 11.6 Å². The molecule has 0 bridgehead atoms. The van der Waals surface area contributed by atoms with Gasteiger partial charge in [-0.15, -0.1) is 0 Å². The van der Waals surface area contributed by atoms with Crippen LogP contribution < -0.4 is 10.6 Å². The molecule has 2 N–H and O–H groups in total. The van der Waals surface area contributed by atoms with E-state index in [1.807, 2.05) is 51.2 Å². The first-order valence-electron chi connectivity index (χ1n) is 6.61. The van der Waals surface area contributed by atoms with Crippen molar-refractivity contribution in [3.05, 3.63) is 59.4 Å². The lowest BCUT2D eigenvalue weighted by atomic mass is 10.1. The monoisotopic (exact) mass is 269 g/mol. The standard InChI is InChI=1S/C16H19N3O/c1-11-6-7-14(15(9-11)17-3)16(20)19-12(2)13-5-4-8-18-10-13/h4-10,12,17H,1-3H3,(H,19,20). The van der Waals surface area contributed by atoms with E-state index in [4.69, 9.17) is 0 Å². The third-order valence-electron chi connectivity index (χ3n) is 3.22. The van der Waals surface area contributed by atoms with E-state index < -0.39 is 0 Å². The average Bonchev–Trinajstić information content (AvgIpc) is 2.47. The van der Waals surface area contributed by atoms with Crippen molar-refractivity contribution in [1.29, 1.82) is 0 Å². The summed E-state index contributed by atoms with van der Waals surface area (Å²) in [6.45, 7) is 3.95. The van der Waals surface area contributed by atoms with E-state index in [-0.39, 0.29) is 11.9 Å². The molecule has 1 aromatic carbocycles. The summed E-state index contributed by atoms with van der Waals surface area (Å²) in [4.78, 5) is 16.4. The maximum absolute atomic E-state index is 12.3. The fraction of sp³-hybridized carbons (Fsp3) is 0.250. The number of nitrogens with zero attached hydrogens (tertiary/aromatic N) is 1. The van der Waals surface area contributed by atoms with Gasteiger partial charge in [0.2, 0.25) is 0 Å². The van der Waals surface area contributed by atoms with E-state index in [9.17, 15) is 4.79 Å². The van der Waals surface area contributed by atoms with Gasteiger partial charge in [0.15, 0.2) is 0 Å². The van der Waals surface area contributed by atoms with Gasteiger partial charge in [-0.05, 0) is 43.2 Å². The maximum atomic E-state index is 12.3. The Balaban J connectivity index is 2.16. The van der Waals surface area contributed by atoms with Gasteiger partial charge in [-0.1, -0.05) is 12.1 Å². The van der Waals surface area contributed by atoms with Gasteiger partial charge < -0.3 is 10.6 Å². The highest BCUT2D eigenvalue weighted by atomic mass is 16.1. The van der Waals surface area contributed by atoms with Crippen LogP contribution in [0.5, 0.6) is 0 Å². The lowest BCUT2D eigenvalue weighted by Gasteiger charge is -2.16. The van der Waals surface area contributed by atoms with Gasteiger partial charge in [-0.2, -0.15) is 0 Å². The van der Waals surface area contributed by atoms with Gasteiger partial charge in [-0.3, -0.25) is 9.78 Å². The van der Waals surface area contributed by atoms with Crippen LogP contribution in [0.25, 0.3) is 0 Å². The first-order chi connectivity index (χ1) is 9.61. The van der Waals surface area contributed by atoms with E-state index in [0.717, 1.165) is 16.8 Å². The van der Waals surface area contributed by atoms with Crippen molar-refractivity contribution >= 4 is 11.6 Å². The molecule has 1 atom stereocenters. The Hall–Kier alpha value is -2.36. The number of benzene rings is 1. The van der Waals surface area contributed by atoms with E-state index >= 15 is 0 Å². The van der Waals surface area contributed by atoms with Crippen molar-refractivity contribution in [2.45, 2.75) is 19.9 Å². The molecule has 1 heterocycles. The zero-order valence-electron chi connectivity index (χ0n) is 12.0. The Morgan fingerprint density at radius 1 is 1.30 bits per heavy atom. The maximum Gasteiger partial charge on any atom is 0.253 e. The van der Waals surface area contributed by atoms with Crippen LogP contribution in [0.3, 0.4) is 0 Å². The summed E-state index contributed by atoms with van der Waals surface area (Å²) in [5, 5.41) is 6.04. The number of aromatic nitrogens is 1. The predicted octanol–water partition coefficient (Wildman–Crippen LogP) is 2.92. The molecule has 0 radical (unpaired) electrons. The molecule has 0 aliphatic carbocycles. The van der Waals surface area contributed by atoms with Gasteiger partial charge in [0.25, 0.3) is 5.91 Å². The normalized spacial score (nSPS) is 11.8. The lowest BCUT2D eigenvalue weighted by Crippen LogP contribution is -2.27. The molecule has 1 unspecified atom stereocenters.